The van der Waals surface area contributed by atoms with Gasteiger partial charge in [0.2, 0.25) is 16.8 Å². The van der Waals surface area contributed by atoms with Gasteiger partial charge >= 0.3 is 0 Å². The number of aliphatic imine (C=N–C) groups is 1. The van der Waals surface area contributed by atoms with Crippen LogP contribution in [0.15, 0.2) is 52.4 Å². The smallest absolute Gasteiger partial charge is 0.242 e. The van der Waals surface area contributed by atoms with Gasteiger partial charge in [0.1, 0.15) is 0 Å². The predicted octanol–water partition coefficient (Wildman–Crippen LogP) is 2.19. The fraction of sp³-hybridized carbons (Fsp3) is 0.350. The number of fused-ring (bicyclic) bond motifs is 1. The van der Waals surface area contributed by atoms with Gasteiger partial charge < -0.3 is 20.1 Å². The Morgan fingerprint density at radius 3 is 2.37 bits per heavy atom. The second-order valence-electron chi connectivity index (χ2n) is 6.72. The Hall–Kier alpha value is -2.05. The number of ether oxygens (including phenoxy) is 2. The highest BCUT2D eigenvalue weighted by atomic mass is 127. The van der Waals surface area contributed by atoms with Gasteiger partial charge in [0.05, 0.1) is 4.90 Å². The van der Waals surface area contributed by atoms with Crippen LogP contribution in [0, 0.1) is 0 Å². The molecule has 0 aliphatic carbocycles. The van der Waals surface area contributed by atoms with Crippen LogP contribution in [-0.2, 0) is 23.0 Å². The quantitative estimate of drug-likeness (QED) is 0.315. The largest absolute Gasteiger partial charge is 0.454 e. The number of rotatable bonds is 7. The maximum atomic E-state index is 12.1. The van der Waals surface area contributed by atoms with Crippen LogP contribution in [0.2, 0.25) is 0 Å². The number of halogens is 1. The van der Waals surface area contributed by atoms with Crippen molar-refractivity contribution in [2.45, 2.75) is 17.9 Å². The highest BCUT2D eigenvalue weighted by Gasteiger charge is 2.16. The molecule has 3 rings (SSSR count). The molecule has 8 nitrogen and oxygen atoms in total. The standard InChI is InChI=1S/C20H26N4O4S.HI/c1-21-20(22-11-10-15-6-9-18-19(12-15)28-14-27-18)23-13-16-4-7-17(8-5-16)29(25,26)24(2)3;/h4-9,12H,10-11,13-14H2,1-3H3,(H2,21,22,23);1H. The van der Waals surface area contributed by atoms with E-state index in [4.69, 9.17) is 9.47 Å². The Morgan fingerprint density at radius 2 is 1.70 bits per heavy atom. The molecule has 0 saturated heterocycles. The number of sulfonamides is 1. The first-order chi connectivity index (χ1) is 13.9. The zero-order chi connectivity index (χ0) is 20.9. The molecule has 0 atom stereocenters. The third-order valence-corrected chi connectivity index (χ3v) is 6.36. The Morgan fingerprint density at radius 1 is 1.03 bits per heavy atom. The van der Waals surface area contributed by atoms with Gasteiger partial charge in [-0.05, 0) is 41.8 Å². The maximum Gasteiger partial charge on any atom is 0.242 e. The van der Waals surface area contributed by atoms with E-state index in [2.05, 4.69) is 15.6 Å². The molecule has 1 heterocycles. The first kappa shape index (κ1) is 24.2. The van der Waals surface area contributed by atoms with Gasteiger partial charge in [-0.1, -0.05) is 18.2 Å². The Kier molecular flexibility index (Phi) is 8.74. The van der Waals surface area contributed by atoms with Crippen molar-refractivity contribution in [2.24, 2.45) is 4.99 Å². The van der Waals surface area contributed by atoms with Gasteiger partial charge in [-0.25, -0.2) is 12.7 Å². The van der Waals surface area contributed by atoms with Crippen molar-refractivity contribution in [3.63, 3.8) is 0 Å². The monoisotopic (exact) mass is 546 g/mol. The predicted molar refractivity (Wildman–Crippen MR) is 127 cm³/mol. The Labute approximate surface area is 194 Å². The number of benzene rings is 2. The molecule has 0 saturated carbocycles. The molecule has 0 spiro atoms. The zero-order valence-electron chi connectivity index (χ0n) is 17.2. The molecular weight excluding hydrogens is 519 g/mol. The third-order valence-electron chi connectivity index (χ3n) is 4.53. The molecule has 1 aliphatic rings. The van der Waals surface area contributed by atoms with Crippen molar-refractivity contribution >= 4 is 40.0 Å². The summed E-state index contributed by atoms with van der Waals surface area (Å²) in [7, 11) is 1.33. The molecule has 0 bridgehead atoms. The topological polar surface area (TPSA) is 92.3 Å². The molecule has 2 aromatic carbocycles. The molecular formula is C20H27IN4O4S. The molecule has 2 N–H and O–H groups in total. The summed E-state index contributed by atoms with van der Waals surface area (Å²) in [6.45, 7) is 1.51. The fourth-order valence-corrected chi connectivity index (χ4v) is 3.72. The molecule has 0 fully saturated rings. The van der Waals surface area contributed by atoms with Crippen molar-refractivity contribution in [1.29, 1.82) is 0 Å². The average Bonchev–Trinajstić information content (AvgIpc) is 3.18. The van der Waals surface area contributed by atoms with Crippen LogP contribution in [0.4, 0.5) is 0 Å². The summed E-state index contributed by atoms with van der Waals surface area (Å²) in [4.78, 5) is 4.49. The number of hydrogen-bond acceptors (Lipinski definition) is 5. The van der Waals surface area contributed by atoms with E-state index in [0.717, 1.165) is 29.0 Å². The van der Waals surface area contributed by atoms with E-state index in [1.54, 1.807) is 31.3 Å². The molecule has 164 valence electrons. The Balaban J connectivity index is 0.00000320. The van der Waals surface area contributed by atoms with Gasteiger partial charge in [-0.2, -0.15) is 0 Å². The molecule has 2 aromatic rings. The van der Waals surface area contributed by atoms with Gasteiger partial charge in [-0.3, -0.25) is 4.99 Å². The van der Waals surface area contributed by atoms with Crippen molar-refractivity contribution in [3.05, 3.63) is 53.6 Å². The van der Waals surface area contributed by atoms with Crippen molar-refractivity contribution in [3.8, 4) is 11.5 Å². The normalized spacial score (nSPS) is 13.1. The molecule has 0 unspecified atom stereocenters. The molecule has 0 radical (unpaired) electrons. The Bertz CT molecular complexity index is 979. The fourth-order valence-electron chi connectivity index (χ4n) is 2.82. The van der Waals surface area contributed by atoms with E-state index in [1.807, 2.05) is 18.2 Å². The van der Waals surface area contributed by atoms with E-state index in [0.29, 0.717) is 19.0 Å². The summed E-state index contributed by atoms with van der Waals surface area (Å²) in [5.41, 5.74) is 2.11. The highest BCUT2D eigenvalue weighted by molar-refractivity contribution is 14.0. The van der Waals surface area contributed by atoms with E-state index in [9.17, 15) is 8.42 Å². The van der Waals surface area contributed by atoms with E-state index in [1.165, 1.54) is 18.4 Å². The van der Waals surface area contributed by atoms with Gasteiger partial charge in [0.15, 0.2) is 17.5 Å². The van der Waals surface area contributed by atoms with Crippen LogP contribution in [-0.4, -0.2) is 53.2 Å². The first-order valence-electron chi connectivity index (χ1n) is 9.24. The molecule has 1 aliphatic heterocycles. The number of nitrogens with one attached hydrogen (secondary N) is 2. The summed E-state index contributed by atoms with van der Waals surface area (Å²) < 4.78 is 36.2. The first-order valence-corrected chi connectivity index (χ1v) is 10.7. The zero-order valence-corrected chi connectivity index (χ0v) is 20.4. The number of hydrogen-bond donors (Lipinski definition) is 2. The minimum atomic E-state index is -3.41. The van der Waals surface area contributed by atoms with Gasteiger partial charge in [0.25, 0.3) is 0 Å². The number of nitrogens with zero attached hydrogens (tertiary/aromatic N) is 2. The lowest BCUT2D eigenvalue weighted by Gasteiger charge is -2.13. The molecule has 30 heavy (non-hydrogen) atoms. The van der Waals surface area contributed by atoms with Gasteiger partial charge in [-0.15, -0.1) is 24.0 Å². The SMILES string of the molecule is CN=C(NCCc1ccc2c(c1)OCO2)NCc1ccc(S(=O)(=O)N(C)C)cc1.I. The molecule has 10 heteroatoms. The highest BCUT2D eigenvalue weighted by Crippen LogP contribution is 2.32. The summed E-state index contributed by atoms with van der Waals surface area (Å²) in [6.07, 6.45) is 0.814. The minimum absolute atomic E-state index is 0. The van der Waals surface area contributed by atoms with Crippen molar-refractivity contribution in [2.75, 3.05) is 34.5 Å². The van der Waals surface area contributed by atoms with Gasteiger partial charge in [0, 0.05) is 34.2 Å². The number of guanidine groups is 1. The molecule has 0 amide bonds. The lowest BCUT2D eigenvalue weighted by Crippen LogP contribution is -2.37. The third kappa shape index (κ3) is 5.99. The van der Waals surface area contributed by atoms with Crippen LogP contribution < -0.4 is 20.1 Å². The summed E-state index contributed by atoms with van der Waals surface area (Å²) >= 11 is 0. The second-order valence-corrected chi connectivity index (χ2v) is 8.87. The van der Waals surface area contributed by atoms with Crippen LogP contribution in [0.5, 0.6) is 11.5 Å². The summed E-state index contributed by atoms with van der Waals surface area (Å²) in [5.74, 6) is 2.24. The maximum absolute atomic E-state index is 12.1. The van der Waals surface area contributed by atoms with Crippen LogP contribution in [0.1, 0.15) is 11.1 Å². The summed E-state index contributed by atoms with van der Waals surface area (Å²) in [6, 6.07) is 12.8. The lowest BCUT2D eigenvalue weighted by atomic mass is 10.1. The minimum Gasteiger partial charge on any atom is -0.454 e. The van der Waals surface area contributed by atoms with Crippen LogP contribution in [0.3, 0.4) is 0 Å². The van der Waals surface area contributed by atoms with Crippen molar-refractivity contribution < 1.29 is 17.9 Å². The average molecular weight is 546 g/mol. The lowest BCUT2D eigenvalue weighted by molar-refractivity contribution is 0.174. The van der Waals surface area contributed by atoms with Crippen LogP contribution in [0.25, 0.3) is 0 Å². The molecule has 0 aromatic heterocycles. The second kappa shape index (κ2) is 10.8. The van der Waals surface area contributed by atoms with E-state index >= 15 is 0 Å². The van der Waals surface area contributed by atoms with E-state index in [-0.39, 0.29) is 35.7 Å². The summed E-state index contributed by atoms with van der Waals surface area (Å²) in [5, 5.41) is 6.50. The van der Waals surface area contributed by atoms with E-state index < -0.39 is 10.0 Å². The van der Waals surface area contributed by atoms with Crippen LogP contribution >= 0.6 is 24.0 Å². The van der Waals surface area contributed by atoms with Crippen molar-refractivity contribution in [1.82, 2.24) is 14.9 Å².